The predicted molar refractivity (Wildman–Crippen MR) is 107 cm³/mol. The van der Waals surface area contributed by atoms with E-state index in [1.165, 1.54) is 4.90 Å². The van der Waals surface area contributed by atoms with Gasteiger partial charge in [0.25, 0.3) is 5.91 Å². The van der Waals surface area contributed by atoms with Crippen LogP contribution in [0.15, 0.2) is 48.5 Å². The second-order valence-corrected chi connectivity index (χ2v) is 7.31. The van der Waals surface area contributed by atoms with E-state index in [0.29, 0.717) is 10.0 Å². The number of urea groups is 1. The maximum Gasteiger partial charge on any atom is 0.325 e. The Morgan fingerprint density at radius 1 is 1.11 bits per heavy atom. The molecule has 6 nitrogen and oxygen atoms in total. The van der Waals surface area contributed by atoms with Gasteiger partial charge >= 0.3 is 6.03 Å². The third kappa shape index (κ3) is 5.03. The smallest absolute Gasteiger partial charge is 0.325 e. The summed E-state index contributed by atoms with van der Waals surface area (Å²) < 4.78 is 0. The minimum atomic E-state index is -0.693. The first kappa shape index (κ1) is 20.2. The predicted octanol–water partition coefficient (Wildman–Crippen LogP) is 3.51. The van der Waals surface area contributed by atoms with Crippen LogP contribution in [0.3, 0.4) is 0 Å². The molecule has 1 heterocycles. The molecule has 28 heavy (non-hydrogen) atoms. The fraction of sp³-hybridized carbons (Fsp3) is 0.250. The van der Waals surface area contributed by atoms with Crippen molar-refractivity contribution in [3.05, 3.63) is 69.7 Å². The first-order valence-corrected chi connectivity index (χ1v) is 9.56. The lowest BCUT2D eigenvalue weighted by molar-refractivity contribution is -0.128. The summed E-state index contributed by atoms with van der Waals surface area (Å²) in [5.41, 5.74) is 1.61. The van der Waals surface area contributed by atoms with Gasteiger partial charge in [-0.1, -0.05) is 59.6 Å². The molecule has 2 aromatic carbocycles. The van der Waals surface area contributed by atoms with E-state index in [-0.39, 0.29) is 37.7 Å². The summed E-state index contributed by atoms with van der Waals surface area (Å²) in [6, 6.07) is 13.2. The number of halogens is 2. The standard InChI is InChI=1S/C20H19Cl2N3O3/c21-15-7-6-14(16(22)10-15)11-23-18(26)9-8-17-19(27)25(20(28)24-17)12-13-4-2-1-3-5-13/h1-7,10,17H,8-9,11-12H2,(H,23,26)(H,24,28). The molecule has 2 N–H and O–H groups in total. The number of carbonyl (C=O) groups is 3. The Morgan fingerprint density at radius 3 is 2.57 bits per heavy atom. The molecule has 0 saturated carbocycles. The maximum absolute atomic E-state index is 12.5. The van der Waals surface area contributed by atoms with Crippen molar-refractivity contribution in [1.82, 2.24) is 15.5 Å². The van der Waals surface area contributed by atoms with Crippen LogP contribution in [0.25, 0.3) is 0 Å². The van der Waals surface area contributed by atoms with E-state index in [0.717, 1.165) is 11.1 Å². The number of nitrogens with zero attached hydrogens (tertiary/aromatic N) is 1. The zero-order valence-electron chi connectivity index (χ0n) is 15.0. The topological polar surface area (TPSA) is 78.5 Å². The van der Waals surface area contributed by atoms with E-state index in [1.807, 2.05) is 30.3 Å². The van der Waals surface area contributed by atoms with Crippen LogP contribution in [0.1, 0.15) is 24.0 Å². The number of hydrogen-bond donors (Lipinski definition) is 2. The molecule has 1 aliphatic heterocycles. The number of amides is 4. The molecule has 3 rings (SSSR count). The summed E-state index contributed by atoms with van der Waals surface area (Å²) in [6.45, 7) is 0.475. The number of benzene rings is 2. The Bertz CT molecular complexity index is 890. The summed E-state index contributed by atoms with van der Waals surface area (Å²) in [5.74, 6) is -0.544. The first-order valence-electron chi connectivity index (χ1n) is 8.80. The zero-order chi connectivity index (χ0) is 20.1. The van der Waals surface area contributed by atoms with Crippen LogP contribution < -0.4 is 10.6 Å². The lowest BCUT2D eigenvalue weighted by Gasteiger charge is -2.13. The largest absolute Gasteiger partial charge is 0.352 e. The minimum Gasteiger partial charge on any atom is -0.352 e. The molecule has 1 fully saturated rings. The average Bonchev–Trinajstić information content (AvgIpc) is 2.94. The van der Waals surface area contributed by atoms with Crippen molar-refractivity contribution in [2.24, 2.45) is 0 Å². The number of imide groups is 1. The average molecular weight is 420 g/mol. The Kier molecular flexibility index (Phi) is 6.54. The summed E-state index contributed by atoms with van der Waals surface area (Å²) >= 11 is 11.9. The zero-order valence-corrected chi connectivity index (χ0v) is 16.5. The van der Waals surface area contributed by atoms with Crippen molar-refractivity contribution < 1.29 is 14.4 Å². The molecule has 2 aromatic rings. The molecule has 0 spiro atoms. The third-order valence-corrected chi connectivity index (χ3v) is 5.03. The van der Waals surface area contributed by atoms with Gasteiger partial charge in [0.15, 0.2) is 0 Å². The van der Waals surface area contributed by atoms with Gasteiger partial charge in [0, 0.05) is 23.0 Å². The van der Waals surface area contributed by atoms with Gasteiger partial charge in [0.1, 0.15) is 6.04 Å². The Labute approximate surface area is 172 Å². The van der Waals surface area contributed by atoms with E-state index in [2.05, 4.69) is 10.6 Å². The van der Waals surface area contributed by atoms with E-state index in [9.17, 15) is 14.4 Å². The van der Waals surface area contributed by atoms with E-state index in [1.54, 1.807) is 18.2 Å². The molecule has 146 valence electrons. The van der Waals surface area contributed by atoms with Gasteiger partial charge in [-0.05, 0) is 29.7 Å². The number of hydrogen-bond acceptors (Lipinski definition) is 3. The van der Waals surface area contributed by atoms with Crippen LogP contribution in [0.5, 0.6) is 0 Å². The second-order valence-electron chi connectivity index (χ2n) is 6.46. The van der Waals surface area contributed by atoms with Crippen molar-refractivity contribution in [2.75, 3.05) is 0 Å². The monoisotopic (exact) mass is 419 g/mol. The SMILES string of the molecule is O=C(CCC1NC(=O)N(Cc2ccccc2)C1=O)NCc1ccc(Cl)cc1Cl. The molecule has 0 bridgehead atoms. The third-order valence-electron chi connectivity index (χ3n) is 4.44. The lowest BCUT2D eigenvalue weighted by atomic mass is 10.1. The summed E-state index contributed by atoms with van der Waals surface area (Å²) in [4.78, 5) is 37.8. The highest BCUT2D eigenvalue weighted by molar-refractivity contribution is 6.35. The summed E-state index contributed by atoms with van der Waals surface area (Å²) in [6.07, 6.45) is 0.344. The van der Waals surface area contributed by atoms with Gasteiger partial charge in [-0.15, -0.1) is 0 Å². The Balaban J connectivity index is 1.48. The van der Waals surface area contributed by atoms with Gasteiger partial charge in [-0.3, -0.25) is 14.5 Å². The van der Waals surface area contributed by atoms with Crippen molar-refractivity contribution >= 4 is 41.0 Å². The molecule has 1 atom stereocenters. The molecule has 4 amide bonds. The molecule has 0 aliphatic carbocycles. The van der Waals surface area contributed by atoms with Gasteiger partial charge in [0.05, 0.1) is 6.54 Å². The molecule has 0 radical (unpaired) electrons. The molecule has 1 saturated heterocycles. The van der Waals surface area contributed by atoms with Crippen LogP contribution in [-0.4, -0.2) is 28.8 Å². The fourth-order valence-electron chi connectivity index (χ4n) is 2.91. The van der Waals surface area contributed by atoms with E-state index in [4.69, 9.17) is 23.2 Å². The van der Waals surface area contributed by atoms with Gasteiger partial charge in [-0.25, -0.2) is 4.79 Å². The fourth-order valence-corrected chi connectivity index (χ4v) is 3.39. The second kappa shape index (κ2) is 9.08. The Morgan fingerprint density at radius 2 is 1.86 bits per heavy atom. The van der Waals surface area contributed by atoms with Crippen LogP contribution >= 0.6 is 23.2 Å². The van der Waals surface area contributed by atoms with Crippen molar-refractivity contribution in [3.8, 4) is 0 Å². The molecular weight excluding hydrogens is 401 g/mol. The number of rotatable bonds is 7. The molecular formula is C20H19Cl2N3O3. The quantitative estimate of drug-likeness (QED) is 0.673. The lowest BCUT2D eigenvalue weighted by Crippen LogP contribution is -2.32. The highest BCUT2D eigenvalue weighted by Crippen LogP contribution is 2.21. The van der Waals surface area contributed by atoms with E-state index >= 15 is 0 Å². The maximum atomic E-state index is 12.5. The molecule has 8 heteroatoms. The van der Waals surface area contributed by atoms with Crippen molar-refractivity contribution in [3.63, 3.8) is 0 Å². The van der Waals surface area contributed by atoms with Crippen LogP contribution in [0.4, 0.5) is 4.79 Å². The van der Waals surface area contributed by atoms with Crippen molar-refractivity contribution in [2.45, 2.75) is 32.0 Å². The summed E-state index contributed by atoms with van der Waals surface area (Å²) in [5, 5.41) is 6.39. The minimum absolute atomic E-state index is 0.112. The molecule has 0 aromatic heterocycles. The van der Waals surface area contributed by atoms with Crippen LogP contribution in [0.2, 0.25) is 10.0 Å². The van der Waals surface area contributed by atoms with Gasteiger partial charge in [0.2, 0.25) is 5.91 Å². The van der Waals surface area contributed by atoms with E-state index < -0.39 is 12.1 Å². The summed E-state index contributed by atoms with van der Waals surface area (Å²) in [7, 11) is 0. The van der Waals surface area contributed by atoms with Gasteiger partial charge in [-0.2, -0.15) is 0 Å². The highest BCUT2D eigenvalue weighted by atomic mass is 35.5. The Hall–Kier alpha value is -2.57. The van der Waals surface area contributed by atoms with Crippen molar-refractivity contribution in [1.29, 1.82) is 0 Å². The molecule has 1 aliphatic rings. The molecule has 1 unspecified atom stereocenters. The normalized spacial score (nSPS) is 16.2. The number of nitrogens with one attached hydrogen (secondary N) is 2. The first-order chi connectivity index (χ1) is 13.4. The van der Waals surface area contributed by atoms with Gasteiger partial charge < -0.3 is 10.6 Å². The highest BCUT2D eigenvalue weighted by Gasteiger charge is 2.37. The van der Waals surface area contributed by atoms with Crippen LogP contribution in [-0.2, 0) is 22.7 Å². The number of carbonyl (C=O) groups excluding carboxylic acids is 3. The van der Waals surface area contributed by atoms with Crippen LogP contribution in [0, 0.1) is 0 Å².